The van der Waals surface area contributed by atoms with Crippen LogP contribution in [0.15, 0.2) is 48.5 Å². The molecule has 0 fully saturated rings. The van der Waals surface area contributed by atoms with Gasteiger partial charge in [-0.05, 0) is 13.0 Å². The van der Waals surface area contributed by atoms with Crippen LogP contribution < -0.4 is 5.32 Å². The van der Waals surface area contributed by atoms with E-state index >= 15 is 0 Å². The molecular weight excluding hydrogens is 213 g/mol. The molecule has 0 unspecified atom stereocenters. The Bertz CT molecular complexity index is 477. The van der Waals surface area contributed by atoms with Crippen molar-refractivity contribution in [3.8, 4) is 0 Å². The maximum atomic E-state index is 13.3. The molecule has 2 aromatic carbocycles. The lowest BCUT2D eigenvalue weighted by Gasteiger charge is -2.03. The lowest BCUT2D eigenvalue weighted by Crippen LogP contribution is -2.80. The van der Waals surface area contributed by atoms with E-state index in [0.717, 1.165) is 12.1 Å². The topological polar surface area (TPSA) is 16.6 Å². The molecule has 0 aliphatic rings. The molecule has 2 heteroatoms. The van der Waals surface area contributed by atoms with Gasteiger partial charge in [0.1, 0.15) is 18.9 Å². The molecule has 0 saturated heterocycles. The summed E-state index contributed by atoms with van der Waals surface area (Å²) in [5.74, 6) is -0.118. The molecule has 0 aliphatic carbocycles. The van der Waals surface area contributed by atoms with Crippen molar-refractivity contribution in [3.63, 3.8) is 0 Å². The number of nitrogens with two attached hydrogens (primary N) is 1. The summed E-state index contributed by atoms with van der Waals surface area (Å²) < 4.78 is 13.3. The van der Waals surface area contributed by atoms with Gasteiger partial charge in [-0.3, -0.25) is 0 Å². The van der Waals surface area contributed by atoms with Crippen LogP contribution in [-0.2, 0) is 13.1 Å². The Hall–Kier alpha value is -1.67. The van der Waals surface area contributed by atoms with E-state index in [-0.39, 0.29) is 5.82 Å². The fraction of sp³-hybridized carbons (Fsp3) is 0.200. The van der Waals surface area contributed by atoms with Crippen molar-refractivity contribution in [2.75, 3.05) is 0 Å². The molecule has 0 amide bonds. The van der Waals surface area contributed by atoms with Crippen molar-refractivity contribution in [1.82, 2.24) is 0 Å². The summed E-state index contributed by atoms with van der Waals surface area (Å²) >= 11 is 0. The van der Waals surface area contributed by atoms with Crippen molar-refractivity contribution in [2.24, 2.45) is 0 Å². The van der Waals surface area contributed by atoms with E-state index in [1.54, 1.807) is 6.07 Å². The summed E-state index contributed by atoms with van der Waals surface area (Å²) in [6, 6.07) is 15.4. The Morgan fingerprint density at radius 1 is 0.941 bits per heavy atom. The normalized spacial score (nSPS) is 10.5. The lowest BCUT2D eigenvalue weighted by atomic mass is 10.1. The number of hydrogen-bond acceptors (Lipinski definition) is 0. The Labute approximate surface area is 101 Å². The average Bonchev–Trinajstić information content (AvgIpc) is 2.34. The van der Waals surface area contributed by atoms with Gasteiger partial charge in [-0.15, -0.1) is 0 Å². The third-order valence-corrected chi connectivity index (χ3v) is 2.82. The zero-order valence-electron chi connectivity index (χ0n) is 9.99. The minimum atomic E-state index is -0.118. The van der Waals surface area contributed by atoms with Gasteiger partial charge in [0.25, 0.3) is 0 Å². The maximum absolute atomic E-state index is 13.3. The van der Waals surface area contributed by atoms with Gasteiger partial charge in [-0.1, -0.05) is 48.0 Å². The number of hydrogen-bond donors (Lipinski definition) is 1. The molecule has 88 valence electrons. The second-order valence-electron chi connectivity index (χ2n) is 4.27. The van der Waals surface area contributed by atoms with Crippen molar-refractivity contribution < 1.29 is 9.71 Å². The minimum Gasteiger partial charge on any atom is -0.339 e. The van der Waals surface area contributed by atoms with Gasteiger partial charge >= 0.3 is 0 Å². The molecule has 0 aliphatic heterocycles. The molecule has 0 spiro atoms. The zero-order valence-corrected chi connectivity index (χ0v) is 9.99. The molecule has 0 atom stereocenters. The molecule has 0 heterocycles. The molecule has 1 nitrogen and oxygen atoms in total. The largest absolute Gasteiger partial charge is 0.339 e. The van der Waals surface area contributed by atoms with E-state index in [9.17, 15) is 4.39 Å². The first-order valence-electron chi connectivity index (χ1n) is 5.86. The average molecular weight is 230 g/mol. The van der Waals surface area contributed by atoms with Gasteiger partial charge in [0, 0.05) is 11.1 Å². The number of benzene rings is 2. The highest BCUT2D eigenvalue weighted by molar-refractivity contribution is 5.20. The van der Waals surface area contributed by atoms with Crippen LogP contribution in [0, 0.1) is 12.7 Å². The van der Waals surface area contributed by atoms with Crippen molar-refractivity contribution in [2.45, 2.75) is 20.0 Å². The first-order valence-corrected chi connectivity index (χ1v) is 5.86. The third kappa shape index (κ3) is 3.40. The van der Waals surface area contributed by atoms with Crippen molar-refractivity contribution in [1.29, 1.82) is 0 Å². The SMILES string of the molecule is Cc1ccc(C[NH2+]Cc2ccccc2F)cc1. The smallest absolute Gasteiger partial charge is 0.132 e. The van der Waals surface area contributed by atoms with Crippen LogP contribution in [-0.4, -0.2) is 0 Å². The van der Waals surface area contributed by atoms with Gasteiger partial charge in [-0.25, -0.2) is 4.39 Å². The summed E-state index contributed by atoms with van der Waals surface area (Å²) in [4.78, 5) is 0. The number of aryl methyl sites for hydroxylation is 1. The van der Waals surface area contributed by atoms with Gasteiger partial charge in [0.15, 0.2) is 0 Å². The quantitative estimate of drug-likeness (QED) is 0.830. The molecule has 17 heavy (non-hydrogen) atoms. The summed E-state index contributed by atoms with van der Waals surface area (Å²) in [7, 11) is 0. The monoisotopic (exact) mass is 230 g/mol. The summed E-state index contributed by atoms with van der Waals surface area (Å²) in [5.41, 5.74) is 3.30. The van der Waals surface area contributed by atoms with E-state index in [1.807, 2.05) is 12.1 Å². The Morgan fingerprint density at radius 3 is 2.35 bits per heavy atom. The summed E-state index contributed by atoms with van der Waals surface area (Å²) in [6.07, 6.45) is 0. The van der Waals surface area contributed by atoms with E-state index in [0.29, 0.717) is 6.54 Å². The fourth-order valence-corrected chi connectivity index (χ4v) is 1.78. The van der Waals surface area contributed by atoms with Crippen LogP contribution in [0.25, 0.3) is 0 Å². The highest BCUT2D eigenvalue weighted by atomic mass is 19.1. The predicted octanol–water partition coefficient (Wildman–Crippen LogP) is 2.40. The predicted molar refractivity (Wildman–Crippen MR) is 66.9 cm³/mol. The molecule has 0 saturated carbocycles. The standard InChI is InChI=1S/C15H16FN/c1-12-6-8-13(9-7-12)10-17-11-14-4-2-3-5-15(14)16/h2-9,17H,10-11H2,1H3/p+1. The summed E-state index contributed by atoms with van der Waals surface area (Å²) in [6.45, 7) is 3.64. The minimum absolute atomic E-state index is 0.118. The lowest BCUT2D eigenvalue weighted by molar-refractivity contribution is -0.686. The van der Waals surface area contributed by atoms with Crippen LogP contribution in [0.4, 0.5) is 4.39 Å². The van der Waals surface area contributed by atoms with Crippen LogP contribution in [0.3, 0.4) is 0 Å². The molecule has 0 radical (unpaired) electrons. The molecular formula is C15H17FN+. The molecule has 2 N–H and O–H groups in total. The molecule has 0 bridgehead atoms. The van der Waals surface area contributed by atoms with E-state index < -0.39 is 0 Å². The van der Waals surface area contributed by atoms with Crippen LogP contribution in [0.1, 0.15) is 16.7 Å². The second kappa shape index (κ2) is 5.60. The highest BCUT2D eigenvalue weighted by Gasteiger charge is 2.02. The Kier molecular flexibility index (Phi) is 3.89. The van der Waals surface area contributed by atoms with Gasteiger partial charge in [-0.2, -0.15) is 0 Å². The van der Waals surface area contributed by atoms with Gasteiger partial charge < -0.3 is 5.32 Å². The Balaban J connectivity index is 1.88. The number of quaternary nitrogens is 1. The van der Waals surface area contributed by atoms with E-state index in [4.69, 9.17) is 0 Å². The van der Waals surface area contributed by atoms with Gasteiger partial charge in [0.2, 0.25) is 0 Å². The number of halogens is 1. The van der Waals surface area contributed by atoms with Crippen molar-refractivity contribution >= 4 is 0 Å². The zero-order chi connectivity index (χ0) is 12.1. The Morgan fingerprint density at radius 2 is 1.65 bits per heavy atom. The third-order valence-electron chi connectivity index (χ3n) is 2.82. The van der Waals surface area contributed by atoms with E-state index in [2.05, 4.69) is 36.5 Å². The fourth-order valence-electron chi connectivity index (χ4n) is 1.78. The molecule has 2 rings (SSSR count). The molecule has 0 aromatic heterocycles. The van der Waals surface area contributed by atoms with Crippen molar-refractivity contribution in [3.05, 3.63) is 71.0 Å². The summed E-state index contributed by atoms with van der Waals surface area (Å²) in [5, 5.41) is 2.11. The first-order chi connectivity index (χ1) is 8.25. The number of rotatable bonds is 4. The second-order valence-corrected chi connectivity index (χ2v) is 4.27. The van der Waals surface area contributed by atoms with Gasteiger partial charge in [0.05, 0.1) is 0 Å². The maximum Gasteiger partial charge on any atom is 0.132 e. The first kappa shape index (κ1) is 11.8. The van der Waals surface area contributed by atoms with Crippen LogP contribution in [0.5, 0.6) is 0 Å². The molecule has 2 aromatic rings. The van der Waals surface area contributed by atoms with E-state index in [1.165, 1.54) is 17.2 Å². The van der Waals surface area contributed by atoms with Crippen LogP contribution >= 0.6 is 0 Å². The van der Waals surface area contributed by atoms with Crippen LogP contribution in [0.2, 0.25) is 0 Å². The highest BCUT2D eigenvalue weighted by Crippen LogP contribution is 2.04.